The Hall–Kier alpha value is -2.95. The van der Waals surface area contributed by atoms with Crippen molar-refractivity contribution in [2.24, 2.45) is 0 Å². The van der Waals surface area contributed by atoms with Crippen molar-refractivity contribution in [2.75, 3.05) is 25.0 Å². The molecule has 1 atom stereocenters. The average molecular weight is 454 g/mol. The van der Waals surface area contributed by atoms with Gasteiger partial charge in [0.1, 0.15) is 0 Å². The van der Waals surface area contributed by atoms with E-state index in [9.17, 15) is 18.0 Å². The highest BCUT2D eigenvalue weighted by atomic mass is 35.5. The number of aromatic nitrogens is 3. The molecule has 7 nitrogen and oxygen atoms in total. The van der Waals surface area contributed by atoms with Gasteiger partial charge in [-0.1, -0.05) is 12.1 Å². The quantitative estimate of drug-likeness (QED) is 0.630. The predicted molar refractivity (Wildman–Crippen MR) is 110 cm³/mol. The van der Waals surface area contributed by atoms with Crippen LogP contribution >= 0.6 is 12.4 Å². The Balaban J connectivity index is 0.00000272. The van der Waals surface area contributed by atoms with Gasteiger partial charge in [0, 0.05) is 31.2 Å². The van der Waals surface area contributed by atoms with Crippen molar-refractivity contribution in [3.8, 4) is 5.82 Å². The number of hydrogen-bond acceptors (Lipinski definition) is 5. The minimum absolute atomic E-state index is 0. The summed E-state index contributed by atoms with van der Waals surface area (Å²) < 4.78 is 44.9. The molecule has 1 unspecified atom stereocenters. The van der Waals surface area contributed by atoms with Crippen LogP contribution in [0.4, 0.5) is 18.9 Å². The van der Waals surface area contributed by atoms with Gasteiger partial charge in [-0.05, 0) is 35.9 Å². The molecule has 0 spiro atoms. The zero-order chi connectivity index (χ0) is 21.1. The third kappa shape index (κ3) is 5.40. The Morgan fingerprint density at radius 1 is 1.16 bits per heavy atom. The Kier molecular flexibility index (Phi) is 6.94. The van der Waals surface area contributed by atoms with Crippen molar-refractivity contribution in [3.05, 3.63) is 71.7 Å². The van der Waals surface area contributed by atoms with Crippen LogP contribution in [0.2, 0.25) is 0 Å². The summed E-state index contributed by atoms with van der Waals surface area (Å²) in [5, 5.41) is 10.1. The minimum atomic E-state index is -4.46. The van der Waals surface area contributed by atoms with Gasteiger partial charge in [-0.25, -0.2) is 9.67 Å². The lowest BCUT2D eigenvalue weighted by Crippen LogP contribution is -2.33. The highest BCUT2D eigenvalue weighted by molar-refractivity contribution is 6.02. The van der Waals surface area contributed by atoms with Gasteiger partial charge in [0.25, 0.3) is 5.91 Å². The molecule has 2 N–H and O–H groups in total. The fourth-order valence-corrected chi connectivity index (χ4v) is 3.02. The molecule has 1 aliphatic rings. The van der Waals surface area contributed by atoms with Crippen LogP contribution in [0.5, 0.6) is 0 Å². The number of nitrogens with zero attached hydrogens (tertiary/aromatic N) is 3. The Bertz CT molecular complexity index is 1020. The first-order valence-corrected chi connectivity index (χ1v) is 9.23. The van der Waals surface area contributed by atoms with Gasteiger partial charge in [0.15, 0.2) is 11.5 Å². The standard InChI is InChI=1S/C20H18F3N5O2.ClH/c21-20(22,23)14-3-6-18(25-11-14)28-9-7-16(27-28)19(29)26-15-4-1-13(2-5-15)17-12-24-8-10-30-17;/h1-7,9,11,17,24H,8,10,12H2,(H,26,29);1H. The molecule has 0 aliphatic carbocycles. The van der Waals surface area contributed by atoms with E-state index in [1.54, 1.807) is 12.1 Å². The lowest BCUT2D eigenvalue weighted by molar-refractivity contribution is -0.137. The Morgan fingerprint density at radius 2 is 1.94 bits per heavy atom. The van der Waals surface area contributed by atoms with Crippen molar-refractivity contribution < 1.29 is 22.7 Å². The molecule has 1 aromatic carbocycles. The summed E-state index contributed by atoms with van der Waals surface area (Å²) in [5.74, 6) is -0.267. The SMILES string of the molecule is Cl.O=C(Nc1ccc(C2CNCCO2)cc1)c1ccn(-c2ccc(C(F)(F)F)cn2)n1. The molecule has 0 saturated carbocycles. The van der Waals surface area contributed by atoms with Crippen molar-refractivity contribution in [2.45, 2.75) is 12.3 Å². The highest BCUT2D eigenvalue weighted by Gasteiger charge is 2.30. The van der Waals surface area contributed by atoms with Crippen molar-refractivity contribution in [3.63, 3.8) is 0 Å². The fourth-order valence-electron chi connectivity index (χ4n) is 3.02. The molecule has 164 valence electrons. The van der Waals surface area contributed by atoms with Gasteiger partial charge >= 0.3 is 6.18 Å². The molecule has 1 amide bonds. The van der Waals surface area contributed by atoms with Crippen LogP contribution in [0.1, 0.15) is 27.7 Å². The fraction of sp³-hybridized carbons (Fsp3) is 0.250. The lowest BCUT2D eigenvalue weighted by Gasteiger charge is -2.24. The highest BCUT2D eigenvalue weighted by Crippen LogP contribution is 2.28. The summed E-state index contributed by atoms with van der Waals surface area (Å²) in [6.45, 7) is 2.22. The minimum Gasteiger partial charge on any atom is -0.371 e. The van der Waals surface area contributed by atoms with E-state index in [4.69, 9.17) is 4.74 Å². The average Bonchev–Trinajstić information content (AvgIpc) is 3.25. The molecule has 31 heavy (non-hydrogen) atoms. The van der Waals surface area contributed by atoms with Crippen LogP contribution < -0.4 is 10.6 Å². The summed E-state index contributed by atoms with van der Waals surface area (Å²) in [7, 11) is 0. The number of amides is 1. The molecule has 1 saturated heterocycles. The molecule has 0 bridgehead atoms. The maximum absolute atomic E-state index is 12.6. The molecular weight excluding hydrogens is 435 g/mol. The van der Waals surface area contributed by atoms with Gasteiger partial charge in [-0.2, -0.15) is 18.3 Å². The van der Waals surface area contributed by atoms with E-state index < -0.39 is 17.6 Å². The second-order valence-electron chi connectivity index (χ2n) is 6.69. The first-order valence-electron chi connectivity index (χ1n) is 9.23. The van der Waals surface area contributed by atoms with E-state index in [0.29, 0.717) is 12.3 Å². The van der Waals surface area contributed by atoms with Gasteiger partial charge in [-0.3, -0.25) is 4.79 Å². The number of nitrogens with one attached hydrogen (secondary N) is 2. The van der Waals surface area contributed by atoms with E-state index >= 15 is 0 Å². The van der Waals surface area contributed by atoms with E-state index in [1.165, 1.54) is 23.0 Å². The molecule has 2 aromatic heterocycles. The molecule has 4 rings (SSSR count). The van der Waals surface area contributed by atoms with Crippen LogP contribution in [0.3, 0.4) is 0 Å². The molecule has 3 heterocycles. The molecule has 1 aliphatic heterocycles. The van der Waals surface area contributed by atoms with Gasteiger partial charge in [0.05, 0.1) is 18.3 Å². The van der Waals surface area contributed by atoms with Crippen molar-refractivity contribution in [1.82, 2.24) is 20.1 Å². The largest absolute Gasteiger partial charge is 0.417 e. The summed E-state index contributed by atoms with van der Waals surface area (Å²) in [6.07, 6.45) is -2.30. The molecule has 0 radical (unpaired) electrons. The zero-order valence-electron chi connectivity index (χ0n) is 16.1. The number of halogens is 4. The van der Waals surface area contributed by atoms with Crippen LogP contribution in [-0.4, -0.2) is 40.4 Å². The zero-order valence-corrected chi connectivity index (χ0v) is 16.9. The van der Waals surface area contributed by atoms with Gasteiger partial charge in [-0.15, -0.1) is 12.4 Å². The topological polar surface area (TPSA) is 81.1 Å². The maximum atomic E-state index is 12.6. The normalized spacial score (nSPS) is 16.4. The van der Waals surface area contributed by atoms with Gasteiger partial charge < -0.3 is 15.4 Å². The third-order valence-corrected chi connectivity index (χ3v) is 4.60. The monoisotopic (exact) mass is 453 g/mol. The molecular formula is C20H19ClF3N5O2. The number of hydrogen-bond donors (Lipinski definition) is 2. The van der Waals surface area contributed by atoms with E-state index in [2.05, 4.69) is 20.7 Å². The summed E-state index contributed by atoms with van der Waals surface area (Å²) in [4.78, 5) is 16.2. The second-order valence-corrected chi connectivity index (χ2v) is 6.69. The number of benzene rings is 1. The molecule has 3 aromatic rings. The molecule has 1 fully saturated rings. The van der Waals surface area contributed by atoms with Crippen molar-refractivity contribution >= 4 is 24.0 Å². The number of rotatable bonds is 4. The van der Waals surface area contributed by atoms with Crippen LogP contribution in [-0.2, 0) is 10.9 Å². The third-order valence-electron chi connectivity index (χ3n) is 4.60. The number of morpholine rings is 1. The van der Waals surface area contributed by atoms with E-state index in [-0.39, 0.29) is 30.0 Å². The van der Waals surface area contributed by atoms with Crippen LogP contribution in [0.15, 0.2) is 54.9 Å². The molecule has 11 heteroatoms. The maximum Gasteiger partial charge on any atom is 0.417 e. The van der Waals surface area contributed by atoms with E-state index in [0.717, 1.165) is 30.9 Å². The number of anilines is 1. The second kappa shape index (κ2) is 9.46. The van der Waals surface area contributed by atoms with Crippen LogP contribution in [0, 0.1) is 0 Å². The number of alkyl halides is 3. The number of carbonyl (C=O) groups excluding carboxylic acids is 1. The Labute approximate surface area is 182 Å². The van der Waals surface area contributed by atoms with Gasteiger partial charge in [0.2, 0.25) is 0 Å². The summed E-state index contributed by atoms with van der Waals surface area (Å²) in [5.41, 5.74) is 0.863. The first-order chi connectivity index (χ1) is 14.4. The lowest BCUT2D eigenvalue weighted by atomic mass is 10.1. The smallest absolute Gasteiger partial charge is 0.371 e. The number of ether oxygens (including phenoxy) is 1. The van der Waals surface area contributed by atoms with E-state index in [1.807, 2.05) is 12.1 Å². The Morgan fingerprint density at radius 3 is 2.55 bits per heavy atom. The number of carbonyl (C=O) groups is 1. The summed E-state index contributed by atoms with van der Waals surface area (Å²) >= 11 is 0. The van der Waals surface area contributed by atoms with Crippen molar-refractivity contribution in [1.29, 1.82) is 0 Å². The summed E-state index contributed by atoms with van der Waals surface area (Å²) in [6, 6.07) is 10.9. The number of pyridine rings is 1. The first kappa shape index (κ1) is 22.7. The predicted octanol–water partition coefficient (Wildman–Crippen LogP) is 3.62. The van der Waals surface area contributed by atoms with Crippen LogP contribution in [0.25, 0.3) is 5.82 Å².